The molecule has 0 amide bonds. The molecule has 84 valence electrons. The van der Waals surface area contributed by atoms with Crippen LogP contribution in [0.3, 0.4) is 0 Å². The molecule has 0 saturated heterocycles. The van der Waals surface area contributed by atoms with Gasteiger partial charge in [0.2, 0.25) is 0 Å². The molecule has 0 radical (unpaired) electrons. The SMILES string of the molecule is FC(F)(F)c1ccnn1-c1cccc(Br)c1. The molecule has 0 spiro atoms. The maximum absolute atomic E-state index is 12.6. The third-order valence-electron chi connectivity index (χ3n) is 1.99. The van der Waals surface area contributed by atoms with Gasteiger partial charge in [0.1, 0.15) is 5.69 Å². The highest BCUT2D eigenvalue weighted by atomic mass is 79.9. The quantitative estimate of drug-likeness (QED) is 0.784. The van der Waals surface area contributed by atoms with Crippen LogP contribution in [0.4, 0.5) is 13.2 Å². The fourth-order valence-electron chi connectivity index (χ4n) is 1.33. The molecule has 0 aliphatic rings. The molecular formula is C10H6BrF3N2. The molecule has 1 heterocycles. The second-order valence-corrected chi connectivity index (χ2v) is 4.02. The Kier molecular flexibility index (Phi) is 2.75. The number of aromatic nitrogens is 2. The Balaban J connectivity index is 2.53. The monoisotopic (exact) mass is 290 g/mol. The summed E-state index contributed by atoms with van der Waals surface area (Å²) in [6.07, 6.45) is -3.28. The van der Waals surface area contributed by atoms with Crippen LogP contribution in [0.5, 0.6) is 0 Å². The van der Waals surface area contributed by atoms with Gasteiger partial charge in [0.25, 0.3) is 0 Å². The van der Waals surface area contributed by atoms with E-state index in [0.29, 0.717) is 10.2 Å². The summed E-state index contributed by atoms with van der Waals surface area (Å²) < 4.78 is 39.4. The summed E-state index contributed by atoms with van der Waals surface area (Å²) in [5, 5.41) is 3.67. The Morgan fingerprint density at radius 1 is 1.19 bits per heavy atom. The second-order valence-electron chi connectivity index (χ2n) is 3.11. The van der Waals surface area contributed by atoms with Crippen LogP contribution in [-0.2, 0) is 6.18 Å². The van der Waals surface area contributed by atoms with E-state index in [9.17, 15) is 13.2 Å². The van der Waals surface area contributed by atoms with Crippen LogP contribution in [0.1, 0.15) is 5.69 Å². The standard InChI is InChI=1S/C10H6BrF3N2/c11-7-2-1-3-8(6-7)16-9(4-5-15-16)10(12,13)14/h1-6H. The van der Waals surface area contributed by atoms with E-state index in [2.05, 4.69) is 21.0 Å². The van der Waals surface area contributed by atoms with Gasteiger partial charge in [-0.25, -0.2) is 4.68 Å². The van der Waals surface area contributed by atoms with Crippen LogP contribution in [-0.4, -0.2) is 9.78 Å². The molecule has 0 saturated carbocycles. The zero-order valence-electron chi connectivity index (χ0n) is 7.87. The molecule has 0 aliphatic carbocycles. The summed E-state index contributed by atoms with van der Waals surface area (Å²) in [4.78, 5) is 0. The van der Waals surface area contributed by atoms with Gasteiger partial charge in [-0.15, -0.1) is 0 Å². The number of hydrogen-bond donors (Lipinski definition) is 0. The van der Waals surface area contributed by atoms with Crippen LogP contribution in [0.15, 0.2) is 41.0 Å². The Labute approximate surface area is 97.8 Å². The average molecular weight is 291 g/mol. The van der Waals surface area contributed by atoms with Gasteiger partial charge in [-0.2, -0.15) is 18.3 Å². The van der Waals surface area contributed by atoms with E-state index in [1.54, 1.807) is 24.3 Å². The van der Waals surface area contributed by atoms with Crippen molar-refractivity contribution in [3.05, 3.63) is 46.7 Å². The smallest absolute Gasteiger partial charge is 0.229 e. The second kappa shape index (κ2) is 3.93. The fraction of sp³-hybridized carbons (Fsp3) is 0.100. The van der Waals surface area contributed by atoms with Gasteiger partial charge in [-0.1, -0.05) is 22.0 Å². The molecule has 0 unspecified atom stereocenters. The number of halogens is 4. The van der Waals surface area contributed by atoms with E-state index in [0.717, 1.165) is 16.9 Å². The van der Waals surface area contributed by atoms with Crippen molar-refractivity contribution in [3.63, 3.8) is 0 Å². The average Bonchev–Trinajstić information content (AvgIpc) is 2.65. The van der Waals surface area contributed by atoms with Crippen LogP contribution >= 0.6 is 15.9 Å². The lowest BCUT2D eigenvalue weighted by Crippen LogP contribution is -2.13. The maximum Gasteiger partial charge on any atom is 0.433 e. The van der Waals surface area contributed by atoms with E-state index < -0.39 is 11.9 Å². The van der Waals surface area contributed by atoms with Crippen molar-refractivity contribution in [1.29, 1.82) is 0 Å². The highest BCUT2D eigenvalue weighted by Crippen LogP contribution is 2.30. The van der Waals surface area contributed by atoms with Gasteiger partial charge in [-0.05, 0) is 24.3 Å². The normalized spacial score (nSPS) is 11.8. The molecule has 2 nitrogen and oxygen atoms in total. The molecule has 16 heavy (non-hydrogen) atoms. The summed E-state index contributed by atoms with van der Waals surface area (Å²) >= 11 is 3.20. The van der Waals surface area contributed by atoms with Gasteiger partial charge in [-0.3, -0.25) is 0 Å². The molecule has 0 N–H and O–H groups in total. The first-order valence-electron chi connectivity index (χ1n) is 4.35. The molecule has 0 atom stereocenters. The Bertz CT molecular complexity index is 505. The minimum absolute atomic E-state index is 0.367. The summed E-state index contributed by atoms with van der Waals surface area (Å²) in [7, 11) is 0. The molecular weight excluding hydrogens is 285 g/mol. The molecule has 6 heteroatoms. The van der Waals surface area contributed by atoms with Crippen LogP contribution in [0.25, 0.3) is 5.69 Å². The van der Waals surface area contributed by atoms with Crippen molar-refractivity contribution in [2.75, 3.05) is 0 Å². The highest BCUT2D eigenvalue weighted by molar-refractivity contribution is 9.10. The summed E-state index contributed by atoms with van der Waals surface area (Å²) in [5.41, 5.74) is -0.419. The van der Waals surface area contributed by atoms with Gasteiger partial charge in [0.05, 0.1) is 11.9 Å². The van der Waals surface area contributed by atoms with Crippen LogP contribution in [0.2, 0.25) is 0 Å². The molecule has 0 fully saturated rings. The van der Waals surface area contributed by atoms with Crippen LogP contribution < -0.4 is 0 Å². The summed E-state index contributed by atoms with van der Waals surface area (Å²) in [6.45, 7) is 0. The van der Waals surface area contributed by atoms with Crippen molar-refractivity contribution < 1.29 is 13.2 Å². The highest BCUT2D eigenvalue weighted by Gasteiger charge is 2.35. The first-order valence-corrected chi connectivity index (χ1v) is 5.15. The Hall–Kier alpha value is -1.30. The van der Waals surface area contributed by atoms with E-state index in [1.165, 1.54) is 0 Å². The van der Waals surface area contributed by atoms with Gasteiger partial charge < -0.3 is 0 Å². The zero-order valence-corrected chi connectivity index (χ0v) is 9.46. The fourth-order valence-corrected chi connectivity index (χ4v) is 1.72. The lowest BCUT2D eigenvalue weighted by atomic mass is 10.3. The van der Waals surface area contributed by atoms with E-state index in [-0.39, 0.29) is 0 Å². The van der Waals surface area contributed by atoms with Crippen molar-refractivity contribution in [1.82, 2.24) is 9.78 Å². The van der Waals surface area contributed by atoms with Crippen molar-refractivity contribution >= 4 is 15.9 Å². The van der Waals surface area contributed by atoms with Gasteiger partial charge in [0.15, 0.2) is 0 Å². The first kappa shape index (κ1) is 11.2. The molecule has 0 bridgehead atoms. The number of hydrogen-bond acceptors (Lipinski definition) is 1. The summed E-state index contributed by atoms with van der Waals surface area (Å²) in [5.74, 6) is 0. The zero-order chi connectivity index (χ0) is 11.8. The van der Waals surface area contributed by atoms with E-state index in [1.807, 2.05) is 0 Å². The van der Waals surface area contributed by atoms with Gasteiger partial charge >= 0.3 is 6.18 Å². The van der Waals surface area contributed by atoms with Gasteiger partial charge in [0, 0.05) is 4.47 Å². The minimum Gasteiger partial charge on any atom is -0.229 e. The first-order chi connectivity index (χ1) is 7.48. The van der Waals surface area contributed by atoms with Crippen LogP contribution in [0, 0.1) is 0 Å². The van der Waals surface area contributed by atoms with Crippen molar-refractivity contribution in [2.45, 2.75) is 6.18 Å². The van der Waals surface area contributed by atoms with E-state index in [4.69, 9.17) is 0 Å². The number of nitrogens with zero attached hydrogens (tertiary/aromatic N) is 2. The maximum atomic E-state index is 12.6. The number of benzene rings is 1. The number of rotatable bonds is 1. The molecule has 1 aromatic heterocycles. The lowest BCUT2D eigenvalue weighted by molar-refractivity contribution is -0.142. The van der Waals surface area contributed by atoms with Crippen molar-refractivity contribution in [3.8, 4) is 5.69 Å². The minimum atomic E-state index is -4.40. The topological polar surface area (TPSA) is 17.8 Å². The molecule has 2 rings (SSSR count). The Morgan fingerprint density at radius 2 is 1.94 bits per heavy atom. The Morgan fingerprint density at radius 3 is 2.56 bits per heavy atom. The predicted octanol–water partition coefficient (Wildman–Crippen LogP) is 3.65. The predicted molar refractivity (Wildman–Crippen MR) is 56.3 cm³/mol. The van der Waals surface area contributed by atoms with Crippen molar-refractivity contribution in [2.24, 2.45) is 0 Å². The molecule has 0 aliphatic heterocycles. The van der Waals surface area contributed by atoms with E-state index >= 15 is 0 Å². The molecule has 1 aromatic carbocycles. The summed E-state index contributed by atoms with van der Waals surface area (Å²) in [6, 6.07) is 7.47. The third kappa shape index (κ3) is 2.11. The molecule has 2 aromatic rings. The lowest BCUT2D eigenvalue weighted by Gasteiger charge is -2.10. The number of alkyl halides is 3. The third-order valence-corrected chi connectivity index (χ3v) is 2.48. The largest absolute Gasteiger partial charge is 0.433 e.